The van der Waals surface area contributed by atoms with Crippen molar-refractivity contribution < 1.29 is 4.79 Å². The zero-order valence-corrected chi connectivity index (χ0v) is 10.7. The lowest BCUT2D eigenvalue weighted by Gasteiger charge is -2.20. The first kappa shape index (κ1) is 13.5. The lowest BCUT2D eigenvalue weighted by molar-refractivity contribution is 0.244. The molecule has 0 spiro atoms. The second-order valence-electron chi connectivity index (χ2n) is 4.32. The number of amides is 2. The Hall–Kier alpha value is -1.55. The number of nitrogens with zero attached hydrogens (tertiary/aromatic N) is 1. The summed E-state index contributed by atoms with van der Waals surface area (Å²) in [5, 5.41) is 5.60. The molecule has 2 amide bonds. The molecule has 1 rings (SSSR count). The highest BCUT2D eigenvalue weighted by Gasteiger charge is 2.04. The maximum Gasteiger partial charge on any atom is 0.319 e. The summed E-state index contributed by atoms with van der Waals surface area (Å²) in [6, 6.07) is 9.76. The van der Waals surface area contributed by atoms with Crippen molar-refractivity contribution in [1.29, 1.82) is 0 Å². The van der Waals surface area contributed by atoms with Crippen LogP contribution in [0.5, 0.6) is 0 Å². The minimum Gasteiger partial charge on any atom is -0.337 e. The van der Waals surface area contributed by atoms with Gasteiger partial charge in [-0.05, 0) is 33.0 Å². The van der Waals surface area contributed by atoms with Crippen molar-refractivity contribution in [2.45, 2.75) is 19.9 Å². The van der Waals surface area contributed by atoms with Crippen LogP contribution in [-0.4, -0.2) is 37.1 Å². The third kappa shape index (κ3) is 5.36. The monoisotopic (exact) mass is 235 g/mol. The molecule has 1 aromatic rings. The van der Waals surface area contributed by atoms with E-state index in [9.17, 15) is 4.79 Å². The Kier molecular flexibility index (Phi) is 5.49. The van der Waals surface area contributed by atoms with Crippen LogP contribution in [0.25, 0.3) is 0 Å². The second-order valence-corrected chi connectivity index (χ2v) is 4.32. The van der Waals surface area contributed by atoms with Crippen LogP contribution in [0.2, 0.25) is 0 Å². The molecule has 17 heavy (non-hydrogen) atoms. The molecule has 94 valence electrons. The highest BCUT2D eigenvalue weighted by Crippen LogP contribution is 2.03. The molecule has 4 heteroatoms. The highest BCUT2D eigenvalue weighted by molar-refractivity contribution is 5.89. The van der Waals surface area contributed by atoms with E-state index in [0.717, 1.165) is 12.2 Å². The molecule has 0 aromatic heterocycles. The molecule has 0 fully saturated rings. The molecule has 1 aromatic carbocycles. The van der Waals surface area contributed by atoms with Crippen LogP contribution >= 0.6 is 0 Å². The van der Waals surface area contributed by atoms with Gasteiger partial charge in [0.05, 0.1) is 0 Å². The normalized spacial score (nSPS) is 10.6. The van der Waals surface area contributed by atoms with E-state index in [-0.39, 0.29) is 6.03 Å². The predicted molar refractivity (Wildman–Crippen MR) is 71.2 cm³/mol. The van der Waals surface area contributed by atoms with Gasteiger partial charge < -0.3 is 15.5 Å². The molecule has 0 radical (unpaired) electrons. The van der Waals surface area contributed by atoms with Gasteiger partial charge in [-0.25, -0.2) is 4.79 Å². The minimum absolute atomic E-state index is 0.159. The number of anilines is 1. The SMILES string of the molecule is CC(C)N(C)CCNC(=O)Nc1ccccc1. The fourth-order valence-electron chi connectivity index (χ4n) is 1.30. The molecule has 0 saturated heterocycles. The number of hydrogen-bond donors (Lipinski definition) is 2. The van der Waals surface area contributed by atoms with Gasteiger partial charge in [0.2, 0.25) is 0 Å². The summed E-state index contributed by atoms with van der Waals surface area (Å²) in [7, 11) is 2.04. The first-order valence-electron chi connectivity index (χ1n) is 5.89. The average molecular weight is 235 g/mol. The number of rotatable bonds is 5. The van der Waals surface area contributed by atoms with Gasteiger partial charge in [-0.15, -0.1) is 0 Å². The molecule has 0 heterocycles. The van der Waals surface area contributed by atoms with Crippen molar-refractivity contribution in [2.24, 2.45) is 0 Å². The molecule has 0 aliphatic carbocycles. The first-order chi connectivity index (χ1) is 8.09. The lowest BCUT2D eigenvalue weighted by Crippen LogP contribution is -2.37. The highest BCUT2D eigenvalue weighted by atomic mass is 16.2. The van der Waals surface area contributed by atoms with Crippen molar-refractivity contribution in [3.8, 4) is 0 Å². The van der Waals surface area contributed by atoms with E-state index in [2.05, 4.69) is 29.4 Å². The summed E-state index contributed by atoms with van der Waals surface area (Å²) in [4.78, 5) is 13.7. The Balaban J connectivity index is 2.22. The van der Waals surface area contributed by atoms with Gasteiger partial charge in [0.15, 0.2) is 0 Å². The van der Waals surface area contributed by atoms with Crippen LogP contribution in [0.1, 0.15) is 13.8 Å². The molecule has 4 nitrogen and oxygen atoms in total. The van der Waals surface area contributed by atoms with Crippen molar-refractivity contribution >= 4 is 11.7 Å². The molecule has 0 unspecified atom stereocenters. The van der Waals surface area contributed by atoms with Crippen LogP contribution in [0.15, 0.2) is 30.3 Å². The quantitative estimate of drug-likeness (QED) is 0.821. The van der Waals surface area contributed by atoms with E-state index in [1.807, 2.05) is 37.4 Å². The maximum atomic E-state index is 11.5. The number of para-hydroxylation sites is 1. The number of hydrogen-bond acceptors (Lipinski definition) is 2. The maximum absolute atomic E-state index is 11.5. The Morgan fingerprint density at radius 3 is 2.53 bits per heavy atom. The van der Waals surface area contributed by atoms with Crippen LogP contribution in [0, 0.1) is 0 Å². The van der Waals surface area contributed by atoms with Gasteiger partial charge in [-0.3, -0.25) is 0 Å². The van der Waals surface area contributed by atoms with Gasteiger partial charge in [0.1, 0.15) is 0 Å². The summed E-state index contributed by atoms with van der Waals surface area (Å²) < 4.78 is 0. The first-order valence-corrected chi connectivity index (χ1v) is 5.89. The third-order valence-electron chi connectivity index (χ3n) is 2.66. The predicted octanol–water partition coefficient (Wildman–Crippen LogP) is 2.15. The summed E-state index contributed by atoms with van der Waals surface area (Å²) in [5.74, 6) is 0. The summed E-state index contributed by atoms with van der Waals surface area (Å²) in [6.07, 6.45) is 0. The van der Waals surface area contributed by atoms with E-state index in [0.29, 0.717) is 12.6 Å². The van der Waals surface area contributed by atoms with Crippen molar-refractivity contribution in [2.75, 3.05) is 25.5 Å². The number of carbonyl (C=O) groups excluding carboxylic acids is 1. The van der Waals surface area contributed by atoms with Crippen molar-refractivity contribution in [3.05, 3.63) is 30.3 Å². The Bertz CT molecular complexity index is 338. The number of nitrogens with one attached hydrogen (secondary N) is 2. The zero-order valence-electron chi connectivity index (χ0n) is 10.7. The van der Waals surface area contributed by atoms with Crippen molar-refractivity contribution in [1.82, 2.24) is 10.2 Å². The molecule has 2 N–H and O–H groups in total. The zero-order chi connectivity index (χ0) is 12.7. The number of carbonyl (C=O) groups is 1. The summed E-state index contributed by atoms with van der Waals surface area (Å²) in [6.45, 7) is 5.75. The van der Waals surface area contributed by atoms with Gasteiger partial charge in [-0.2, -0.15) is 0 Å². The number of likely N-dealkylation sites (N-methyl/N-ethyl adjacent to an activating group) is 1. The Morgan fingerprint density at radius 2 is 1.94 bits per heavy atom. The molecule has 0 atom stereocenters. The van der Waals surface area contributed by atoms with E-state index < -0.39 is 0 Å². The number of urea groups is 1. The van der Waals surface area contributed by atoms with Crippen LogP contribution in [-0.2, 0) is 0 Å². The van der Waals surface area contributed by atoms with E-state index in [1.165, 1.54) is 0 Å². The molecule has 0 aliphatic heterocycles. The Morgan fingerprint density at radius 1 is 1.29 bits per heavy atom. The van der Waals surface area contributed by atoms with Crippen LogP contribution < -0.4 is 10.6 Å². The van der Waals surface area contributed by atoms with Gasteiger partial charge in [0, 0.05) is 24.8 Å². The topological polar surface area (TPSA) is 44.4 Å². The number of benzene rings is 1. The van der Waals surface area contributed by atoms with Gasteiger partial charge in [0.25, 0.3) is 0 Å². The van der Waals surface area contributed by atoms with E-state index in [1.54, 1.807) is 0 Å². The van der Waals surface area contributed by atoms with E-state index in [4.69, 9.17) is 0 Å². The van der Waals surface area contributed by atoms with Gasteiger partial charge in [-0.1, -0.05) is 18.2 Å². The molecule has 0 bridgehead atoms. The summed E-state index contributed by atoms with van der Waals surface area (Å²) >= 11 is 0. The van der Waals surface area contributed by atoms with Gasteiger partial charge >= 0.3 is 6.03 Å². The molecule has 0 saturated carbocycles. The van der Waals surface area contributed by atoms with Crippen LogP contribution in [0.4, 0.5) is 10.5 Å². The fourth-order valence-corrected chi connectivity index (χ4v) is 1.30. The standard InChI is InChI=1S/C13H21N3O/c1-11(2)16(3)10-9-14-13(17)15-12-7-5-4-6-8-12/h4-8,11H,9-10H2,1-3H3,(H2,14,15,17). The third-order valence-corrected chi connectivity index (χ3v) is 2.66. The average Bonchev–Trinajstić information content (AvgIpc) is 2.30. The molecule has 0 aliphatic rings. The minimum atomic E-state index is -0.159. The van der Waals surface area contributed by atoms with Crippen molar-refractivity contribution in [3.63, 3.8) is 0 Å². The lowest BCUT2D eigenvalue weighted by atomic mass is 10.3. The summed E-state index contributed by atoms with van der Waals surface area (Å²) in [5.41, 5.74) is 0.808. The van der Waals surface area contributed by atoms with Crippen LogP contribution in [0.3, 0.4) is 0 Å². The fraction of sp³-hybridized carbons (Fsp3) is 0.462. The largest absolute Gasteiger partial charge is 0.337 e. The second kappa shape index (κ2) is 6.91. The molecular formula is C13H21N3O. The smallest absolute Gasteiger partial charge is 0.319 e. The Labute approximate surface area is 103 Å². The van der Waals surface area contributed by atoms with E-state index >= 15 is 0 Å². The molecular weight excluding hydrogens is 214 g/mol.